The molecule has 4 heterocycles. The number of hydrogen-bond donors (Lipinski definition) is 9. The van der Waals surface area contributed by atoms with E-state index in [0.717, 1.165) is 31.0 Å². The number of esters is 1. The van der Waals surface area contributed by atoms with Gasteiger partial charge in [-0.2, -0.15) is 0 Å². The highest BCUT2D eigenvalue weighted by molar-refractivity contribution is 7.99. The predicted molar refractivity (Wildman–Crippen MR) is 227 cm³/mol. The highest BCUT2D eigenvalue weighted by Crippen LogP contribution is 2.38. The molecule has 0 saturated carbocycles. The number of methoxy groups -OCH3 is 1. The van der Waals surface area contributed by atoms with Crippen molar-refractivity contribution >= 4 is 81.6 Å². The number of thioether (sulfide) groups is 1. The number of amides is 8. The fourth-order valence-electron chi connectivity index (χ4n) is 7.66. The standard InChI is InChI=1S/C40H54N10O13S/c1-6-18(3)32-37(58)42-15-29(52)43-25-17-64-39-21(20-12-27(50(61)62)28(51)13-22(20)46-39)11-23(34(55)41-16-30(53)47-32)44-38(59)33(19(4)7-2)48-36(57)26-9-8-10-49(26)40(60)24(45-35(25)56)14-31(54)63-5/h12-13,18-19,23-26,32-33,46,51H,6-11,14-17H2,1-5H3,(H,41,55)(H,42,58)(H,43,52)(H,44,59)(H,45,56)(H,47,53)(H,48,57)/t18-,19-,23-,24-,25-,26-,32-,33-/m0/s1. The normalized spacial score (nSPS) is 25.5. The topological polar surface area (TPSA) is 329 Å². The zero-order valence-electron chi connectivity index (χ0n) is 36.0. The van der Waals surface area contributed by atoms with Gasteiger partial charge in [-0.25, -0.2) is 0 Å². The molecule has 5 rings (SSSR count). The fourth-order valence-corrected chi connectivity index (χ4v) is 8.78. The van der Waals surface area contributed by atoms with Gasteiger partial charge in [-0.3, -0.25) is 53.3 Å². The summed E-state index contributed by atoms with van der Waals surface area (Å²) < 4.78 is 4.82. The molecule has 1 saturated heterocycles. The largest absolute Gasteiger partial charge is 0.502 e. The molecule has 3 aliphatic rings. The van der Waals surface area contributed by atoms with Crippen LogP contribution in [0, 0.1) is 22.0 Å². The molecule has 1 aromatic heterocycles. The summed E-state index contributed by atoms with van der Waals surface area (Å²) in [6.07, 6.45) is 0.174. The molecule has 64 heavy (non-hydrogen) atoms. The summed E-state index contributed by atoms with van der Waals surface area (Å²) in [7, 11) is 1.08. The number of phenols is 1. The van der Waals surface area contributed by atoms with Gasteiger partial charge in [0.25, 0.3) is 0 Å². The zero-order chi connectivity index (χ0) is 47.0. The summed E-state index contributed by atoms with van der Waals surface area (Å²) >= 11 is 0.888. The van der Waals surface area contributed by atoms with Gasteiger partial charge in [0.2, 0.25) is 47.3 Å². The minimum atomic E-state index is -1.61. The zero-order valence-corrected chi connectivity index (χ0v) is 36.8. The third-order valence-electron chi connectivity index (χ3n) is 11.7. The number of carbonyl (C=O) groups excluding carboxylic acids is 9. The molecule has 8 atom stereocenters. The van der Waals surface area contributed by atoms with E-state index in [2.05, 4.69) is 42.2 Å². The molecule has 2 bridgehead atoms. The summed E-state index contributed by atoms with van der Waals surface area (Å²) in [5.41, 5.74) is -0.381. The number of rotatable bonds is 7. The SMILES string of the molecule is CC[C@H](C)[C@@H]1NC(=O)CNC(=O)[C@@H]2Cc3c([nH]c4cc(O)c([N+](=O)[O-])cc34)SC[C@H](NC(=O)CNC1=O)C(=O)N[C@@H](CC(=O)OC)C(=O)N1CCC[C@H]1C(=O)N[C@@H]([C@@H](C)CC)C(=O)N2. The Morgan fingerprint density at radius 2 is 1.50 bits per heavy atom. The maximum Gasteiger partial charge on any atom is 0.311 e. The number of aromatic nitrogens is 1. The Morgan fingerprint density at radius 1 is 0.859 bits per heavy atom. The Morgan fingerprint density at radius 3 is 2.14 bits per heavy atom. The van der Waals surface area contributed by atoms with Crippen LogP contribution in [0.5, 0.6) is 5.75 Å². The van der Waals surface area contributed by atoms with Crippen molar-refractivity contribution in [1.82, 2.24) is 47.1 Å². The van der Waals surface area contributed by atoms with Gasteiger partial charge in [0.15, 0.2) is 5.75 Å². The van der Waals surface area contributed by atoms with Gasteiger partial charge in [0, 0.05) is 36.2 Å². The number of benzene rings is 1. The van der Waals surface area contributed by atoms with Crippen LogP contribution in [0.15, 0.2) is 17.2 Å². The molecule has 9 N–H and O–H groups in total. The van der Waals surface area contributed by atoms with Gasteiger partial charge >= 0.3 is 11.7 Å². The average Bonchev–Trinajstić information content (AvgIpc) is 3.89. The number of carbonyl (C=O) groups is 9. The lowest BCUT2D eigenvalue weighted by atomic mass is 9.96. The van der Waals surface area contributed by atoms with Gasteiger partial charge in [-0.15, -0.1) is 11.8 Å². The van der Waals surface area contributed by atoms with E-state index in [1.807, 2.05) is 0 Å². The number of nitrogens with zero attached hydrogens (tertiary/aromatic N) is 2. The van der Waals surface area contributed by atoms with Crippen LogP contribution in [0.2, 0.25) is 0 Å². The number of aromatic hydroxyl groups is 1. The number of nitro benzene ring substituents is 1. The molecule has 1 aromatic carbocycles. The van der Waals surface area contributed by atoms with Crippen molar-refractivity contribution in [1.29, 1.82) is 0 Å². The summed E-state index contributed by atoms with van der Waals surface area (Å²) in [5.74, 6) is -9.63. The summed E-state index contributed by atoms with van der Waals surface area (Å²) in [6, 6.07) is -6.19. The number of H-pyrrole nitrogens is 1. The lowest BCUT2D eigenvalue weighted by Gasteiger charge is -2.32. The van der Waals surface area contributed by atoms with Crippen molar-refractivity contribution in [3.63, 3.8) is 0 Å². The molecular formula is C40H54N10O13S. The molecular weight excluding hydrogens is 861 g/mol. The first kappa shape index (κ1) is 48.6. The van der Waals surface area contributed by atoms with E-state index in [4.69, 9.17) is 4.74 Å². The summed E-state index contributed by atoms with van der Waals surface area (Å²) in [5, 5.41) is 40.9. The van der Waals surface area contributed by atoms with Crippen LogP contribution in [0.3, 0.4) is 0 Å². The van der Waals surface area contributed by atoms with Gasteiger partial charge < -0.3 is 56.9 Å². The highest BCUT2D eigenvalue weighted by atomic mass is 32.2. The highest BCUT2D eigenvalue weighted by Gasteiger charge is 2.42. The Hall–Kier alpha value is -6.46. The Balaban J connectivity index is 1.72. The number of fused-ring (bicyclic) bond motifs is 5. The molecule has 3 aliphatic heterocycles. The monoisotopic (exact) mass is 914 g/mol. The van der Waals surface area contributed by atoms with Gasteiger partial charge in [-0.1, -0.05) is 40.5 Å². The van der Waals surface area contributed by atoms with E-state index in [9.17, 15) is 58.4 Å². The predicted octanol–water partition coefficient (Wildman–Crippen LogP) is -1.25. The third-order valence-corrected chi connectivity index (χ3v) is 12.9. The summed E-state index contributed by atoms with van der Waals surface area (Å²) in [4.78, 5) is 140. The van der Waals surface area contributed by atoms with Crippen molar-refractivity contribution in [2.75, 3.05) is 32.5 Å². The van der Waals surface area contributed by atoms with E-state index < -0.39 is 144 Å². The minimum absolute atomic E-state index is 0.0463. The number of phenolic OH excluding ortho intramolecular Hbond substituents is 1. The van der Waals surface area contributed by atoms with Crippen molar-refractivity contribution in [2.45, 2.75) is 107 Å². The van der Waals surface area contributed by atoms with Crippen molar-refractivity contribution < 1.29 is 57.9 Å². The van der Waals surface area contributed by atoms with E-state index >= 15 is 0 Å². The maximum atomic E-state index is 14.4. The molecule has 0 aliphatic carbocycles. The van der Waals surface area contributed by atoms with Crippen molar-refractivity contribution in [3.8, 4) is 5.75 Å². The lowest BCUT2D eigenvalue weighted by Crippen LogP contribution is -2.61. The van der Waals surface area contributed by atoms with Crippen molar-refractivity contribution in [2.24, 2.45) is 11.8 Å². The molecule has 23 nitrogen and oxygen atoms in total. The van der Waals surface area contributed by atoms with Gasteiger partial charge in [0.1, 0.15) is 36.3 Å². The van der Waals surface area contributed by atoms with Crippen LogP contribution >= 0.6 is 11.8 Å². The van der Waals surface area contributed by atoms with Crippen LogP contribution in [0.25, 0.3) is 10.9 Å². The Bertz CT molecular complexity index is 2200. The second-order valence-electron chi connectivity index (χ2n) is 16.0. The Labute approximate surface area is 371 Å². The quantitative estimate of drug-likeness (QED) is 0.0891. The van der Waals surface area contributed by atoms with Gasteiger partial charge in [-0.05, 0) is 30.2 Å². The molecule has 348 valence electrons. The number of hydrogen-bond acceptors (Lipinski definition) is 14. The molecule has 24 heteroatoms. The lowest BCUT2D eigenvalue weighted by molar-refractivity contribution is -0.385. The minimum Gasteiger partial charge on any atom is -0.502 e. The maximum absolute atomic E-state index is 14.4. The molecule has 1 fully saturated rings. The molecule has 0 unspecified atom stereocenters. The number of ether oxygens (including phenoxy) is 1. The van der Waals surface area contributed by atoms with Crippen molar-refractivity contribution in [3.05, 3.63) is 27.8 Å². The van der Waals surface area contributed by atoms with E-state index in [-0.39, 0.29) is 40.2 Å². The fraction of sp³-hybridized carbons (Fsp3) is 0.575. The number of aromatic amines is 1. The van der Waals surface area contributed by atoms with Crippen LogP contribution in [-0.2, 0) is 54.3 Å². The smallest absolute Gasteiger partial charge is 0.311 e. The first-order valence-electron chi connectivity index (χ1n) is 20.9. The molecule has 8 amide bonds. The van der Waals surface area contributed by atoms with Crippen LogP contribution in [0.1, 0.15) is 65.4 Å². The molecule has 0 spiro atoms. The molecule has 0 radical (unpaired) electrons. The number of nitro groups is 1. The Kier molecular flexibility index (Phi) is 16.1. The first-order chi connectivity index (χ1) is 30.4. The van der Waals surface area contributed by atoms with E-state index in [0.29, 0.717) is 19.3 Å². The van der Waals surface area contributed by atoms with E-state index in [1.54, 1.807) is 27.7 Å². The van der Waals surface area contributed by atoms with Crippen LogP contribution in [0.4, 0.5) is 5.69 Å². The van der Waals surface area contributed by atoms with E-state index in [1.165, 1.54) is 4.90 Å². The third kappa shape index (κ3) is 11.4. The van der Waals surface area contributed by atoms with Crippen LogP contribution in [-0.4, -0.2) is 142 Å². The summed E-state index contributed by atoms with van der Waals surface area (Å²) in [6.45, 7) is 5.59. The van der Waals surface area contributed by atoms with Gasteiger partial charge in [0.05, 0.1) is 42.1 Å². The average molecular weight is 915 g/mol. The molecule has 2 aromatic rings. The number of nitrogens with one attached hydrogen (secondary N) is 8. The first-order valence-corrected chi connectivity index (χ1v) is 21.9. The van der Waals surface area contributed by atoms with Crippen LogP contribution < -0.4 is 37.2 Å². The second-order valence-corrected chi connectivity index (χ2v) is 17.1. The second kappa shape index (κ2) is 21.3.